The van der Waals surface area contributed by atoms with Crippen molar-refractivity contribution >= 4 is 6.09 Å². The van der Waals surface area contributed by atoms with Gasteiger partial charge in [0.05, 0.1) is 5.69 Å². The van der Waals surface area contributed by atoms with Gasteiger partial charge in [0.15, 0.2) is 0 Å². The van der Waals surface area contributed by atoms with Gasteiger partial charge in [-0.1, -0.05) is 19.1 Å². The smallest absolute Gasteiger partial charge is 0.412 e. The zero-order chi connectivity index (χ0) is 19.3. The normalized spacial score (nSPS) is 19.2. The summed E-state index contributed by atoms with van der Waals surface area (Å²) in [6.07, 6.45) is 6.84. The summed E-state index contributed by atoms with van der Waals surface area (Å²) in [5.74, 6) is 1.64. The second-order valence-electron chi connectivity index (χ2n) is 7.19. The molecule has 7 nitrogen and oxygen atoms in total. The number of pyridine rings is 1. The molecule has 0 radical (unpaired) electrons. The Morgan fingerprint density at radius 3 is 2.79 bits per heavy atom. The van der Waals surface area contributed by atoms with E-state index >= 15 is 0 Å². The summed E-state index contributed by atoms with van der Waals surface area (Å²) in [6, 6.07) is 11.1. The lowest BCUT2D eigenvalue weighted by Crippen LogP contribution is -2.39. The number of nitrogens with zero attached hydrogens (tertiary/aromatic N) is 3. The van der Waals surface area contributed by atoms with Crippen molar-refractivity contribution in [3.63, 3.8) is 0 Å². The van der Waals surface area contributed by atoms with E-state index in [9.17, 15) is 4.79 Å². The van der Waals surface area contributed by atoms with Crippen molar-refractivity contribution in [2.75, 3.05) is 0 Å². The topological polar surface area (TPSA) is 90.1 Å². The molecule has 1 saturated carbocycles. The van der Waals surface area contributed by atoms with Crippen LogP contribution in [0.25, 0.3) is 22.7 Å². The molecule has 0 unspecified atom stereocenters. The second kappa shape index (κ2) is 8.21. The summed E-state index contributed by atoms with van der Waals surface area (Å²) in [4.78, 5) is 16.6. The summed E-state index contributed by atoms with van der Waals surface area (Å²) >= 11 is 0. The number of carbonyl (C=O) groups excluding carboxylic acids is 1. The SMILES string of the molecule is CC1CCC(NC(=O)Oc2cccc(-c3cc(-c4nnco4)ccn3)c2)CC1. The number of carbonyl (C=O) groups is 1. The molecule has 0 saturated heterocycles. The van der Waals surface area contributed by atoms with Crippen molar-refractivity contribution < 1.29 is 13.9 Å². The molecule has 0 bridgehead atoms. The number of hydrogen-bond acceptors (Lipinski definition) is 6. The van der Waals surface area contributed by atoms with E-state index in [1.165, 1.54) is 6.39 Å². The molecule has 1 aliphatic carbocycles. The van der Waals surface area contributed by atoms with Gasteiger partial charge >= 0.3 is 6.09 Å². The molecule has 1 amide bonds. The van der Waals surface area contributed by atoms with Gasteiger partial charge < -0.3 is 14.5 Å². The Balaban J connectivity index is 1.44. The zero-order valence-electron chi connectivity index (χ0n) is 15.7. The lowest BCUT2D eigenvalue weighted by Gasteiger charge is -2.26. The fourth-order valence-corrected chi connectivity index (χ4v) is 3.45. The molecule has 3 aromatic rings. The lowest BCUT2D eigenvalue weighted by atomic mass is 9.87. The number of rotatable bonds is 4. The van der Waals surface area contributed by atoms with Gasteiger partial charge in [0.2, 0.25) is 12.3 Å². The van der Waals surface area contributed by atoms with Crippen LogP contribution in [0.1, 0.15) is 32.6 Å². The maximum absolute atomic E-state index is 12.2. The van der Waals surface area contributed by atoms with E-state index in [1.807, 2.05) is 18.2 Å². The zero-order valence-corrected chi connectivity index (χ0v) is 15.7. The molecule has 1 fully saturated rings. The van der Waals surface area contributed by atoms with E-state index in [-0.39, 0.29) is 6.04 Å². The van der Waals surface area contributed by atoms with Gasteiger partial charge in [0.25, 0.3) is 0 Å². The third-order valence-electron chi connectivity index (χ3n) is 5.05. The molecule has 0 aliphatic heterocycles. The molecule has 1 aromatic carbocycles. The molecule has 0 spiro atoms. The molecule has 2 aromatic heterocycles. The Labute approximate surface area is 163 Å². The second-order valence-corrected chi connectivity index (χ2v) is 7.19. The number of nitrogens with one attached hydrogen (secondary N) is 1. The Bertz CT molecular complexity index is 934. The number of ether oxygens (including phenoxy) is 1. The molecule has 4 rings (SSSR count). The van der Waals surface area contributed by atoms with E-state index in [1.54, 1.807) is 24.4 Å². The van der Waals surface area contributed by atoms with Crippen LogP contribution in [0.4, 0.5) is 4.79 Å². The number of aromatic nitrogens is 3. The molecular formula is C21H22N4O3. The van der Waals surface area contributed by atoms with Crippen LogP contribution in [0.15, 0.2) is 53.4 Å². The molecule has 7 heteroatoms. The highest BCUT2D eigenvalue weighted by atomic mass is 16.6. The number of hydrogen-bond donors (Lipinski definition) is 1. The van der Waals surface area contributed by atoms with Crippen molar-refractivity contribution in [2.24, 2.45) is 5.92 Å². The maximum Gasteiger partial charge on any atom is 0.412 e. The Morgan fingerprint density at radius 1 is 1.14 bits per heavy atom. The predicted octanol–water partition coefficient (Wildman–Crippen LogP) is 4.47. The highest BCUT2D eigenvalue weighted by molar-refractivity contribution is 5.72. The first-order valence-electron chi connectivity index (χ1n) is 9.49. The standard InChI is InChI=1S/C21H22N4O3/c1-14-5-7-17(8-6-14)24-21(26)28-18-4-2-3-15(11-18)19-12-16(9-10-22-19)20-25-23-13-27-20/h2-4,9-14,17H,5-8H2,1H3,(H,24,26). The van der Waals surface area contributed by atoms with Crippen LogP contribution in [0.5, 0.6) is 5.75 Å². The van der Waals surface area contributed by atoms with Crippen LogP contribution in [0.2, 0.25) is 0 Å². The van der Waals surface area contributed by atoms with E-state index in [4.69, 9.17) is 9.15 Å². The minimum Gasteiger partial charge on any atom is -0.423 e. The lowest BCUT2D eigenvalue weighted by molar-refractivity contribution is 0.189. The summed E-state index contributed by atoms with van der Waals surface area (Å²) in [7, 11) is 0. The maximum atomic E-state index is 12.2. The molecule has 1 N–H and O–H groups in total. The molecule has 1 aliphatic rings. The average Bonchev–Trinajstić information content (AvgIpc) is 3.25. The van der Waals surface area contributed by atoms with Crippen molar-refractivity contribution in [2.45, 2.75) is 38.6 Å². The number of benzene rings is 1. The Morgan fingerprint density at radius 2 is 2.00 bits per heavy atom. The van der Waals surface area contributed by atoms with Crippen molar-refractivity contribution in [1.29, 1.82) is 0 Å². The highest BCUT2D eigenvalue weighted by Crippen LogP contribution is 2.26. The highest BCUT2D eigenvalue weighted by Gasteiger charge is 2.20. The van der Waals surface area contributed by atoms with Crippen LogP contribution >= 0.6 is 0 Å². The summed E-state index contributed by atoms with van der Waals surface area (Å²) in [5, 5.41) is 10.6. The monoisotopic (exact) mass is 378 g/mol. The molecule has 28 heavy (non-hydrogen) atoms. The first-order valence-corrected chi connectivity index (χ1v) is 9.49. The quantitative estimate of drug-likeness (QED) is 0.720. The van der Waals surface area contributed by atoms with E-state index in [2.05, 4.69) is 27.4 Å². The van der Waals surface area contributed by atoms with Gasteiger partial charge in [-0.05, 0) is 55.9 Å². The van der Waals surface area contributed by atoms with Gasteiger partial charge in [-0.3, -0.25) is 4.98 Å². The fourth-order valence-electron chi connectivity index (χ4n) is 3.45. The third-order valence-corrected chi connectivity index (χ3v) is 5.05. The van der Waals surface area contributed by atoms with E-state index in [0.29, 0.717) is 11.6 Å². The van der Waals surface area contributed by atoms with Gasteiger partial charge in [-0.15, -0.1) is 10.2 Å². The molecule has 0 atom stereocenters. The van der Waals surface area contributed by atoms with Gasteiger partial charge in [-0.2, -0.15) is 0 Å². The molecule has 144 valence electrons. The molecular weight excluding hydrogens is 356 g/mol. The van der Waals surface area contributed by atoms with Gasteiger partial charge in [-0.25, -0.2) is 4.79 Å². The van der Waals surface area contributed by atoms with Gasteiger partial charge in [0, 0.05) is 23.4 Å². The third kappa shape index (κ3) is 4.36. The van der Waals surface area contributed by atoms with Crippen LogP contribution in [-0.4, -0.2) is 27.3 Å². The predicted molar refractivity (Wildman–Crippen MR) is 104 cm³/mol. The minimum atomic E-state index is -0.413. The van der Waals surface area contributed by atoms with Crippen LogP contribution in [-0.2, 0) is 0 Å². The van der Waals surface area contributed by atoms with E-state index < -0.39 is 6.09 Å². The summed E-state index contributed by atoms with van der Waals surface area (Å²) < 4.78 is 10.7. The van der Waals surface area contributed by atoms with E-state index in [0.717, 1.165) is 48.4 Å². The minimum absolute atomic E-state index is 0.194. The first-order chi connectivity index (χ1) is 13.7. The molecule has 2 heterocycles. The van der Waals surface area contributed by atoms with Crippen molar-refractivity contribution in [3.8, 4) is 28.5 Å². The first kappa shape index (κ1) is 18.2. The average molecular weight is 378 g/mol. The van der Waals surface area contributed by atoms with Crippen molar-refractivity contribution in [1.82, 2.24) is 20.5 Å². The van der Waals surface area contributed by atoms with Crippen LogP contribution in [0, 0.1) is 5.92 Å². The van der Waals surface area contributed by atoms with Crippen LogP contribution < -0.4 is 10.1 Å². The summed E-state index contributed by atoms with van der Waals surface area (Å²) in [6.45, 7) is 2.25. The fraction of sp³-hybridized carbons (Fsp3) is 0.333. The van der Waals surface area contributed by atoms with Gasteiger partial charge in [0.1, 0.15) is 5.75 Å². The number of amides is 1. The Kier molecular flexibility index (Phi) is 5.32. The van der Waals surface area contributed by atoms with Crippen LogP contribution in [0.3, 0.4) is 0 Å². The largest absolute Gasteiger partial charge is 0.423 e. The Hall–Kier alpha value is -3.22. The summed E-state index contributed by atoms with van der Waals surface area (Å²) in [5.41, 5.74) is 2.33. The van der Waals surface area contributed by atoms with Crippen molar-refractivity contribution in [3.05, 3.63) is 49.0 Å².